The minimum absolute atomic E-state index is 0.316. The molecule has 0 aliphatic heterocycles. The van der Waals surface area contributed by atoms with E-state index in [4.69, 9.17) is 0 Å². The van der Waals surface area contributed by atoms with Crippen LogP contribution in [0.5, 0.6) is 0 Å². The van der Waals surface area contributed by atoms with E-state index >= 15 is 0 Å². The normalized spacial score (nSPS) is 14.6. The van der Waals surface area contributed by atoms with Gasteiger partial charge < -0.3 is 0 Å². The molecule has 0 aliphatic carbocycles. The highest BCUT2D eigenvalue weighted by molar-refractivity contribution is 5.86. The molecule has 2 rings (SSSR count). The van der Waals surface area contributed by atoms with Gasteiger partial charge in [0.05, 0.1) is 0 Å². The van der Waals surface area contributed by atoms with Gasteiger partial charge in [-0.05, 0) is 34.6 Å². The lowest BCUT2D eigenvalue weighted by Crippen LogP contribution is -2.21. The molecule has 2 aromatic carbocycles. The Bertz CT molecular complexity index is 507. The molecule has 2 aromatic rings. The average Bonchev–Trinajstić information content (AvgIpc) is 2.44. The molecular weight excluding hydrogens is 216 g/mol. The molecule has 0 spiro atoms. The minimum atomic E-state index is 0.316. The third kappa shape index (κ3) is 2.43. The molecule has 0 nitrogen and oxygen atoms in total. The number of benzene rings is 2. The first-order valence-corrected chi connectivity index (χ1v) is 7.19. The molecule has 0 saturated carbocycles. The second-order valence-electron chi connectivity index (χ2n) is 5.54. The molecule has 0 N–H and O–H groups in total. The van der Waals surface area contributed by atoms with E-state index in [-0.39, 0.29) is 0 Å². The summed E-state index contributed by atoms with van der Waals surface area (Å²) in [5.74, 6) is 0. The van der Waals surface area contributed by atoms with Crippen LogP contribution in [0.15, 0.2) is 42.5 Å². The van der Waals surface area contributed by atoms with Gasteiger partial charge in [0, 0.05) is 0 Å². The van der Waals surface area contributed by atoms with E-state index in [2.05, 4.69) is 63.2 Å². The second-order valence-corrected chi connectivity index (χ2v) is 5.54. The maximum Gasteiger partial charge on any atom is -0.00717 e. The molecule has 0 aliphatic rings. The first-order valence-electron chi connectivity index (χ1n) is 7.19. The van der Waals surface area contributed by atoms with Gasteiger partial charge in [-0.3, -0.25) is 0 Å². The fourth-order valence-electron chi connectivity index (χ4n) is 2.82. The van der Waals surface area contributed by atoms with Crippen LogP contribution in [0.1, 0.15) is 52.0 Å². The number of fused-ring (bicyclic) bond motifs is 1. The molecular formula is C18H24. The zero-order valence-corrected chi connectivity index (χ0v) is 11.9. The Morgan fingerprint density at radius 2 is 1.67 bits per heavy atom. The van der Waals surface area contributed by atoms with Crippen LogP contribution in [0, 0.1) is 0 Å². The van der Waals surface area contributed by atoms with Crippen molar-refractivity contribution in [1.82, 2.24) is 0 Å². The van der Waals surface area contributed by atoms with Crippen molar-refractivity contribution in [1.29, 1.82) is 0 Å². The Labute approximate surface area is 111 Å². The van der Waals surface area contributed by atoms with Gasteiger partial charge in [-0.1, -0.05) is 76.1 Å². The lowest BCUT2D eigenvalue weighted by Gasteiger charge is -2.30. The van der Waals surface area contributed by atoms with E-state index in [1.807, 2.05) is 0 Å². The summed E-state index contributed by atoms with van der Waals surface area (Å²) in [6.45, 7) is 7.01. The highest BCUT2D eigenvalue weighted by atomic mass is 14.3. The van der Waals surface area contributed by atoms with E-state index in [9.17, 15) is 0 Å². The van der Waals surface area contributed by atoms with Gasteiger partial charge >= 0.3 is 0 Å². The van der Waals surface area contributed by atoms with Crippen molar-refractivity contribution < 1.29 is 0 Å². The summed E-state index contributed by atoms with van der Waals surface area (Å²) in [5.41, 5.74) is 1.84. The molecule has 0 heterocycles. The summed E-state index contributed by atoms with van der Waals surface area (Å²) in [5, 5.41) is 2.80. The Balaban J connectivity index is 2.51. The van der Waals surface area contributed by atoms with Crippen LogP contribution in [-0.2, 0) is 5.41 Å². The van der Waals surface area contributed by atoms with Crippen LogP contribution in [0.25, 0.3) is 10.8 Å². The van der Waals surface area contributed by atoms with Crippen LogP contribution in [0.3, 0.4) is 0 Å². The first-order chi connectivity index (χ1) is 8.71. The number of unbranched alkanes of at least 4 members (excludes halogenated alkanes) is 1. The molecule has 0 aromatic heterocycles. The predicted molar refractivity (Wildman–Crippen MR) is 81.1 cm³/mol. The van der Waals surface area contributed by atoms with E-state index < -0.39 is 0 Å². The summed E-state index contributed by atoms with van der Waals surface area (Å²) in [6, 6.07) is 15.5. The SMILES string of the molecule is CCCCC(C)(CC)c1cccc2ccccc12. The van der Waals surface area contributed by atoms with Crippen molar-refractivity contribution in [3.8, 4) is 0 Å². The van der Waals surface area contributed by atoms with Gasteiger partial charge in [-0.2, -0.15) is 0 Å². The summed E-state index contributed by atoms with van der Waals surface area (Å²) in [4.78, 5) is 0. The highest BCUT2D eigenvalue weighted by Crippen LogP contribution is 2.37. The predicted octanol–water partition coefficient (Wildman–Crippen LogP) is 5.70. The Morgan fingerprint density at radius 1 is 0.944 bits per heavy atom. The zero-order chi connectivity index (χ0) is 13.0. The van der Waals surface area contributed by atoms with Crippen LogP contribution >= 0.6 is 0 Å². The monoisotopic (exact) mass is 240 g/mol. The quantitative estimate of drug-likeness (QED) is 0.629. The van der Waals surface area contributed by atoms with Crippen LogP contribution < -0.4 is 0 Å². The Kier molecular flexibility index (Phi) is 4.06. The van der Waals surface area contributed by atoms with Crippen molar-refractivity contribution >= 4 is 10.8 Å². The summed E-state index contributed by atoms with van der Waals surface area (Å²) < 4.78 is 0. The number of rotatable bonds is 5. The van der Waals surface area contributed by atoms with Gasteiger partial charge in [0.15, 0.2) is 0 Å². The molecule has 1 unspecified atom stereocenters. The molecule has 0 heteroatoms. The van der Waals surface area contributed by atoms with E-state index in [0.717, 1.165) is 0 Å². The summed E-state index contributed by atoms with van der Waals surface area (Å²) in [7, 11) is 0. The van der Waals surface area contributed by atoms with Gasteiger partial charge in [-0.25, -0.2) is 0 Å². The lowest BCUT2D eigenvalue weighted by molar-refractivity contribution is 0.406. The Hall–Kier alpha value is -1.30. The maximum absolute atomic E-state index is 2.42. The van der Waals surface area contributed by atoms with Gasteiger partial charge in [-0.15, -0.1) is 0 Å². The van der Waals surface area contributed by atoms with Crippen molar-refractivity contribution in [2.75, 3.05) is 0 Å². The third-order valence-corrected chi connectivity index (χ3v) is 4.30. The molecule has 1 atom stereocenters. The van der Waals surface area contributed by atoms with Crippen LogP contribution in [0.4, 0.5) is 0 Å². The third-order valence-electron chi connectivity index (χ3n) is 4.30. The second kappa shape index (κ2) is 5.56. The Morgan fingerprint density at radius 3 is 2.39 bits per heavy atom. The topological polar surface area (TPSA) is 0 Å². The molecule has 0 amide bonds. The molecule has 0 bridgehead atoms. The van der Waals surface area contributed by atoms with Gasteiger partial charge in [0.1, 0.15) is 0 Å². The highest BCUT2D eigenvalue weighted by Gasteiger charge is 2.25. The van der Waals surface area contributed by atoms with Gasteiger partial charge in [0.25, 0.3) is 0 Å². The van der Waals surface area contributed by atoms with Gasteiger partial charge in [0.2, 0.25) is 0 Å². The van der Waals surface area contributed by atoms with E-state index in [1.165, 1.54) is 42.0 Å². The lowest BCUT2D eigenvalue weighted by atomic mass is 9.74. The molecule has 18 heavy (non-hydrogen) atoms. The van der Waals surface area contributed by atoms with Crippen molar-refractivity contribution in [2.24, 2.45) is 0 Å². The van der Waals surface area contributed by atoms with Crippen molar-refractivity contribution in [3.05, 3.63) is 48.0 Å². The number of hydrogen-bond acceptors (Lipinski definition) is 0. The van der Waals surface area contributed by atoms with Crippen molar-refractivity contribution in [3.63, 3.8) is 0 Å². The fraction of sp³-hybridized carbons (Fsp3) is 0.444. The smallest absolute Gasteiger partial charge is 0.00717 e. The minimum Gasteiger partial charge on any atom is -0.0654 e. The zero-order valence-electron chi connectivity index (χ0n) is 11.9. The van der Waals surface area contributed by atoms with E-state index in [0.29, 0.717) is 5.41 Å². The first kappa shape index (κ1) is 13.1. The molecule has 96 valence electrons. The standard InChI is InChI=1S/C18H24/c1-4-6-14-18(3,5-2)17-13-9-11-15-10-7-8-12-16(15)17/h7-13H,4-6,14H2,1-3H3. The number of hydrogen-bond donors (Lipinski definition) is 0. The molecule has 0 fully saturated rings. The largest absolute Gasteiger partial charge is 0.0654 e. The van der Waals surface area contributed by atoms with E-state index in [1.54, 1.807) is 0 Å². The summed E-state index contributed by atoms with van der Waals surface area (Å²) >= 11 is 0. The van der Waals surface area contributed by atoms with Crippen molar-refractivity contribution in [2.45, 2.75) is 51.9 Å². The van der Waals surface area contributed by atoms with Crippen LogP contribution in [-0.4, -0.2) is 0 Å². The molecule has 0 saturated heterocycles. The fourth-order valence-corrected chi connectivity index (χ4v) is 2.82. The van der Waals surface area contributed by atoms with Crippen LogP contribution in [0.2, 0.25) is 0 Å². The summed E-state index contributed by atoms with van der Waals surface area (Å²) in [6.07, 6.45) is 5.09. The molecule has 0 radical (unpaired) electrons. The maximum atomic E-state index is 2.42. The average molecular weight is 240 g/mol.